The van der Waals surface area contributed by atoms with Gasteiger partial charge in [0.1, 0.15) is 0 Å². The van der Waals surface area contributed by atoms with Crippen LogP contribution in [-0.4, -0.2) is 22.8 Å². The number of amides is 2. The van der Waals surface area contributed by atoms with Gasteiger partial charge >= 0.3 is 6.03 Å². The van der Waals surface area contributed by atoms with Crippen LogP contribution in [0.5, 0.6) is 0 Å². The summed E-state index contributed by atoms with van der Waals surface area (Å²) >= 11 is 0. The highest BCUT2D eigenvalue weighted by Gasteiger charge is 2.23. The Hall–Kier alpha value is -3.53. The summed E-state index contributed by atoms with van der Waals surface area (Å²) in [5.74, 6) is 0. The monoisotopic (exact) mass is 332 g/mol. The van der Waals surface area contributed by atoms with Gasteiger partial charge in [0, 0.05) is 11.9 Å². The molecule has 1 aromatic heterocycles. The Balaban J connectivity index is 1.51. The lowest BCUT2D eigenvalue weighted by atomic mass is 10.0. The van der Waals surface area contributed by atoms with E-state index in [1.54, 1.807) is 6.20 Å². The van der Waals surface area contributed by atoms with E-state index in [1.165, 1.54) is 0 Å². The van der Waals surface area contributed by atoms with E-state index in [1.807, 2.05) is 41.4 Å². The van der Waals surface area contributed by atoms with E-state index in [2.05, 4.69) is 27.0 Å². The first kappa shape index (κ1) is 15.0. The Labute approximate surface area is 144 Å². The molecule has 0 bridgehead atoms. The van der Waals surface area contributed by atoms with Gasteiger partial charge < -0.3 is 5.32 Å². The third-order valence-corrected chi connectivity index (χ3v) is 4.36. The van der Waals surface area contributed by atoms with Crippen molar-refractivity contribution < 1.29 is 4.79 Å². The maximum absolute atomic E-state index is 12.4. The number of anilines is 2. The van der Waals surface area contributed by atoms with Gasteiger partial charge in [-0.05, 0) is 35.7 Å². The van der Waals surface area contributed by atoms with Gasteiger partial charge in [-0.2, -0.15) is 10.4 Å². The molecule has 0 radical (unpaired) electrons. The van der Waals surface area contributed by atoms with Crippen molar-refractivity contribution in [2.24, 2.45) is 0 Å². The highest BCUT2D eigenvalue weighted by atomic mass is 16.2. The summed E-state index contributed by atoms with van der Waals surface area (Å²) < 4.78 is 0. The minimum Gasteiger partial charge on any atom is -0.306 e. The first-order chi connectivity index (χ1) is 12.3. The third kappa shape index (κ3) is 2.74. The zero-order chi connectivity index (χ0) is 17.2. The third-order valence-electron chi connectivity index (χ3n) is 4.36. The van der Waals surface area contributed by atoms with Crippen LogP contribution in [0.1, 0.15) is 11.1 Å². The van der Waals surface area contributed by atoms with Crippen molar-refractivity contribution in [2.45, 2.75) is 12.8 Å². The van der Waals surface area contributed by atoms with Gasteiger partial charge in [-0.3, -0.25) is 10.1 Å². The molecule has 3 N–H and O–H groups in total. The Kier molecular flexibility index (Phi) is 3.71. The molecular formula is C18H16N6O. The number of aromatic nitrogens is 2. The highest BCUT2D eigenvalue weighted by Crippen LogP contribution is 2.29. The number of H-pyrrole nitrogens is 1. The van der Waals surface area contributed by atoms with Gasteiger partial charge in [0.25, 0.3) is 0 Å². The molecule has 0 saturated carbocycles. The largest absolute Gasteiger partial charge is 0.338 e. The lowest BCUT2D eigenvalue weighted by Crippen LogP contribution is -2.43. The van der Waals surface area contributed by atoms with Gasteiger partial charge in [-0.1, -0.05) is 18.2 Å². The van der Waals surface area contributed by atoms with Crippen LogP contribution in [0, 0.1) is 11.3 Å². The zero-order valence-corrected chi connectivity index (χ0v) is 13.4. The predicted octanol–water partition coefficient (Wildman–Crippen LogP) is 2.73. The normalized spacial score (nSPS) is 12.7. The number of rotatable bonds is 3. The highest BCUT2D eigenvalue weighted by molar-refractivity contribution is 6.00. The quantitative estimate of drug-likeness (QED) is 0.687. The van der Waals surface area contributed by atoms with Crippen molar-refractivity contribution in [3.05, 3.63) is 53.7 Å². The van der Waals surface area contributed by atoms with Crippen molar-refractivity contribution in [1.82, 2.24) is 15.6 Å². The van der Waals surface area contributed by atoms with Gasteiger partial charge in [-0.25, -0.2) is 10.2 Å². The second-order valence-electron chi connectivity index (χ2n) is 5.85. The van der Waals surface area contributed by atoms with Crippen LogP contribution in [0.4, 0.5) is 16.2 Å². The van der Waals surface area contributed by atoms with Gasteiger partial charge in [0.2, 0.25) is 0 Å². The molecule has 1 aliphatic rings. The molecule has 3 aromatic rings. The molecule has 0 atom stereocenters. The molecule has 7 nitrogen and oxygen atoms in total. The maximum Gasteiger partial charge on any atom is 0.338 e. The Morgan fingerprint density at radius 2 is 2.20 bits per heavy atom. The summed E-state index contributed by atoms with van der Waals surface area (Å²) in [6.07, 6.45) is 2.88. The van der Waals surface area contributed by atoms with E-state index in [0.29, 0.717) is 18.7 Å². The lowest BCUT2D eigenvalue weighted by molar-refractivity contribution is 0.251. The smallest absolute Gasteiger partial charge is 0.306 e. The van der Waals surface area contributed by atoms with Gasteiger partial charge in [-0.15, -0.1) is 0 Å². The molecule has 7 heteroatoms. The number of carbonyl (C=O) groups is 1. The number of urea groups is 1. The maximum atomic E-state index is 12.4. The van der Waals surface area contributed by atoms with Crippen LogP contribution in [0.15, 0.2) is 42.6 Å². The van der Waals surface area contributed by atoms with E-state index < -0.39 is 0 Å². The van der Waals surface area contributed by atoms with Crippen LogP contribution < -0.4 is 15.8 Å². The summed E-state index contributed by atoms with van der Waals surface area (Å²) in [6, 6.07) is 13.3. The average molecular weight is 332 g/mol. The second kappa shape index (κ2) is 6.17. The van der Waals surface area contributed by atoms with E-state index in [9.17, 15) is 4.79 Å². The number of nitrogens with zero attached hydrogens (tertiary/aromatic N) is 3. The van der Waals surface area contributed by atoms with Crippen LogP contribution in [0.25, 0.3) is 10.9 Å². The number of fused-ring (bicyclic) bond motifs is 2. The van der Waals surface area contributed by atoms with Crippen molar-refractivity contribution in [2.75, 3.05) is 16.9 Å². The zero-order valence-electron chi connectivity index (χ0n) is 13.4. The van der Waals surface area contributed by atoms with E-state index in [-0.39, 0.29) is 6.03 Å². The molecule has 0 spiro atoms. The predicted molar refractivity (Wildman–Crippen MR) is 95.1 cm³/mol. The number of benzene rings is 2. The summed E-state index contributed by atoms with van der Waals surface area (Å²) in [4.78, 5) is 12.4. The van der Waals surface area contributed by atoms with Gasteiger partial charge in [0.15, 0.2) is 0 Å². The van der Waals surface area contributed by atoms with Crippen LogP contribution in [0.3, 0.4) is 0 Å². The van der Waals surface area contributed by atoms with Crippen LogP contribution in [-0.2, 0) is 12.8 Å². The number of hydrazine groups is 1. The van der Waals surface area contributed by atoms with Crippen molar-refractivity contribution in [3.63, 3.8) is 0 Å². The molecule has 0 saturated heterocycles. The Morgan fingerprint density at radius 1 is 1.32 bits per heavy atom. The number of hydrogen-bond donors (Lipinski definition) is 3. The Morgan fingerprint density at radius 3 is 3.08 bits per heavy atom. The molecule has 2 heterocycles. The number of nitrogens with one attached hydrogen (secondary N) is 3. The molecule has 2 aromatic carbocycles. The number of nitriles is 1. The van der Waals surface area contributed by atoms with Crippen LogP contribution in [0.2, 0.25) is 0 Å². The molecule has 0 aliphatic carbocycles. The standard InChI is InChI=1S/C18H16N6O/c19-9-7-12-3-1-6-17-13(12)8-10-24(17)23-18(25)21-15-4-2-5-16-14(15)11-20-22-16/h1-6,11H,7-8,10H2,(H,20,22)(H2,21,23,25). The van der Waals surface area contributed by atoms with E-state index in [4.69, 9.17) is 5.26 Å². The fourth-order valence-corrected chi connectivity index (χ4v) is 3.22. The van der Waals surface area contributed by atoms with E-state index >= 15 is 0 Å². The molecular weight excluding hydrogens is 316 g/mol. The summed E-state index contributed by atoms with van der Waals surface area (Å²) in [6.45, 7) is 0.682. The lowest BCUT2D eigenvalue weighted by Gasteiger charge is -2.21. The molecule has 4 rings (SSSR count). The number of carbonyl (C=O) groups excluding carboxylic acids is 1. The summed E-state index contributed by atoms with van der Waals surface area (Å²) in [5.41, 5.74) is 7.54. The number of aromatic amines is 1. The molecule has 1 aliphatic heterocycles. The van der Waals surface area contributed by atoms with Crippen molar-refractivity contribution in [3.8, 4) is 6.07 Å². The second-order valence-corrected chi connectivity index (χ2v) is 5.85. The topological polar surface area (TPSA) is 96.8 Å². The van der Waals surface area contributed by atoms with Gasteiger partial charge in [0.05, 0.1) is 35.6 Å². The molecule has 0 fully saturated rings. The summed E-state index contributed by atoms with van der Waals surface area (Å²) in [7, 11) is 0. The average Bonchev–Trinajstić information content (AvgIpc) is 3.24. The van der Waals surface area contributed by atoms with Crippen molar-refractivity contribution in [1.29, 1.82) is 5.26 Å². The first-order valence-electron chi connectivity index (χ1n) is 8.01. The first-order valence-corrected chi connectivity index (χ1v) is 8.01. The molecule has 25 heavy (non-hydrogen) atoms. The molecule has 2 amide bonds. The van der Waals surface area contributed by atoms with Crippen LogP contribution >= 0.6 is 0 Å². The SMILES string of the molecule is N#CCc1cccc2c1CCN2NC(=O)Nc1cccc2[nH]ncc12. The number of hydrogen-bond acceptors (Lipinski definition) is 4. The minimum atomic E-state index is -0.313. The fraction of sp³-hybridized carbons (Fsp3) is 0.167. The van der Waals surface area contributed by atoms with E-state index in [0.717, 1.165) is 34.1 Å². The fourth-order valence-electron chi connectivity index (χ4n) is 3.22. The molecule has 124 valence electrons. The Bertz CT molecular complexity index is 987. The van der Waals surface area contributed by atoms with Crippen molar-refractivity contribution >= 4 is 28.3 Å². The summed E-state index contributed by atoms with van der Waals surface area (Å²) in [5, 5.41) is 21.4. The minimum absolute atomic E-state index is 0.313. The molecule has 0 unspecified atom stereocenters.